The van der Waals surface area contributed by atoms with Crippen LogP contribution in [-0.4, -0.2) is 67.5 Å². The molecule has 196 valence electrons. The molecule has 6 rings (SSSR count). The van der Waals surface area contributed by atoms with E-state index in [0.29, 0.717) is 6.54 Å². The van der Waals surface area contributed by atoms with Crippen LogP contribution in [0.15, 0.2) is 55.2 Å². The molecule has 0 N–H and O–H groups in total. The van der Waals surface area contributed by atoms with Gasteiger partial charge in [0.15, 0.2) is 5.65 Å². The van der Waals surface area contributed by atoms with Gasteiger partial charge in [0.2, 0.25) is 5.91 Å². The van der Waals surface area contributed by atoms with E-state index in [-0.39, 0.29) is 18.5 Å². The Hall–Kier alpha value is -4.01. The van der Waals surface area contributed by atoms with Crippen LogP contribution in [0.1, 0.15) is 37.2 Å². The van der Waals surface area contributed by atoms with Crippen molar-refractivity contribution >= 4 is 28.4 Å². The predicted molar refractivity (Wildman–Crippen MR) is 148 cm³/mol. The summed E-state index contributed by atoms with van der Waals surface area (Å²) in [7, 11) is 0. The number of carbonyl (C=O) groups is 1. The topological polar surface area (TPSA) is 83.3 Å². The molecule has 4 aromatic rings. The van der Waals surface area contributed by atoms with Crippen LogP contribution >= 0.6 is 0 Å². The van der Waals surface area contributed by atoms with Gasteiger partial charge in [-0.3, -0.25) is 4.79 Å². The van der Waals surface area contributed by atoms with Crippen molar-refractivity contribution in [2.75, 3.05) is 36.0 Å². The number of hydrogen-bond acceptors (Lipinski definition) is 7. The molecule has 5 heterocycles. The van der Waals surface area contributed by atoms with E-state index < -0.39 is 0 Å². The number of anilines is 2. The summed E-state index contributed by atoms with van der Waals surface area (Å²) in [5.41, 5.74) is 6.70. The van der Waals surface area contributed by atoms with Crippen molar-refractivity contribution in [3.63, 3.8) is 0 Å². The average molecular weight is 511 g/mol. The highest BCUT2D eigenvalue weighted by atomic mass is 16.2. The summed E-state index contributed by atoms with van der Waals surface area (Å²) in [5.74, 6) is 1.02. The lowest BCUT2D eigenvalue weighted by molar-refractivity contribution is -0.134. The van der Waals surface area contributed by atoms with Crippen LogP contribution in [0.3, 0.4) is 0 Å². The van der Waals surface area contributed by atoms with E-state index in [4.69, 9.17) is 0 Å². The lowest BCUT2D eigenvalue weighted by Crippen LogP contribution is -2.55. The molecule has 0 saturated carbocycles. The fourth-order valence-electron chi connectivity index (χ4n) is 5.74. The van der Waals surface area contributed by atoms with Crippen molar-refractivity contribution in [2.24, 2.45) is 0 Å². The van der Waals surface area contributed by atoms with Crippen LogP contribution in [0.5, 0.6) is 0 Å². The minimum atomic E-state index is 0.106. The maximum absolute atomic E-state index is 13.3. The molecule has 0 bridgehead atoms. The van der Waals surface area contributed by atoms with Crippen LogP contribution in [0.2, 0.25) is 0 Å². The number of imidazole rings is 1. The Kier molecular flexibility index (Phi) is 6.66. The molecule has 0 aliphatic carbocycles. The molecule has 2 aliphatic heterocycles. The van der Waals surface area contributed by atoms with Crippen molar-refractivity contribution in [1.82, 2.24) is 29.4 Å². The number of rotatable bonds is 6. The van der Waals surface area contributed by atoms with Crippen LogP contribution in [0, 0.1) is 0 Å². The van der Waals surface area contributed by atoms with Gasteiger partial charge in [-0.05, 0) is 49.1 Å². The van der Waals surface area contributed by atoms with Gasteiger partial charge in [-0.25, -0.2) is 19.9 Å². The summed E-state index contributed by atoms with van der Waals surface area (Å²) in [6.45, 7) is 8.66. The van der Waals surface area contributed by atoms with E-state index in [2.05, 4.69) is 61.8 Å². The number of benzene rings is 1. The standard InChI is InChI=1S/C29H34N8O/c1-3-6-27-31-15-23(16-32-27)34-12-10-22-7-4-9-26(24(22)18-34)35-13-14-37(21(2)17-35)28(38)19-36-20-33-25-8-5-11-30-29(25)36/h4-5,7-9,11,15-16,20-21H,3,6,10,12-14,17-19H2,1-2H3. The smallest absolute Gasteiger partial charge is 0.242 e. The molecular formula is C29H34N8O. The minimum Gasteiger partial charge on any atom is -0.367 e. The van der Waals surface area contributed by atoms with Gasteiger partial charge in [-0.15, -0.1) is 0 Å². The van der Waals surface area contributed by atoms with E-state index in [1.807, 2.05) is 34.0 Å². The third-order valence-electron chi connectivity index (χ3n) is 7.75. The van der Waals surface area contributed by atoms with Gasteiger partial charge < -0.3 is 19.3 Å². The fraction of sp³-hybridized carbons (Fsp3) is 0.414. The van der Waals surface area contributed by atoms with Gasteiger partial charge in [-0.2, -0.15) is 0 Å². The molecule has 1 amide bonds. The minimum absolute atomic E-state index is 0.106. The van der Waals surface area contributed by atoms with Gasteiger partial charge in [-0.1, -0.05) is 19.1 Å². The SMILES string of the molecule is CCCc1ncc(N2CCc3cccc(N4CCN(C(=O)Cn5cnc6cccnc65)C(C)C4)c3C2)cn1. The Morgan fingerprint density at radius 1 is 1.00 bits per heavy atom. The molecule has 1 aromatic carbocycles. The first-order valence-corrected chi connectivity index (χ1v) is 13.6. The summed E-state index contributed by atoms with van der Waals surface area (Å²) in [4.78, 5) is 38.0. The highest BCUT2D eigenvalue weighted by Crippen LogP contribution is 2.32. The number of carbonyl (C=O) groups excluding carboxylic acids is 1. The largest absolute Gasteiger partial charge is 0.367 e. The van der Waals surface area contributed by atoms with Gasteiger partial charge >= 0.3 is 0 Å². The zero-order chi connectivity index (χ0) is 26.1. The highest BCUT2D eigenvalue weighted by Gasteiger charge is 2.30. The van der Waals surface area contributed by atoms with Crippen molar-refractivity contribution in [1.29, 1.82) is 0 Å². The number of aromatic nitrogens is 5. The first-order valence-electron chi connectivity index (χ1n) is 13.6. The Bertz CT molecular complexity index is 1430. The summed E-state index contributed by atoms with van der Waals surface area (Å²) >= 11 is 0. The summed E-state index contributed by atoms with van der Waals surface area (Å²) in [6.07, 6.45) is 10.4. The Balaban J connectivity index is 1.15. The molecule has 1 fully saturated rings. The van der Waals surface area contributed by atoms with Gasteiger partial charge in [0.1, 0.15) is 17.9 Å². The molecule has 0 spiro atoms. The third kappa shape index (κ3) is 4.68. The molecule has 1 unspecified atom stereocenters. The second-order valence-electron chi connectivity index (χ2n) is 10.3. The molecule has 9 nitrogen and oxygen atoms in total. The van der Waals surface area contributed by atoms with E-state index in [9.17, 15) is 4.79 Å². The summed E-state index contributed by atoms with van der Waals surface area (Å²) < 4.78 is 1.84. The van der Waals surface area contributed by atoms with Crippen LogP contribution < -0.4 is 9.80 Å². The monoisotopic (exact) mass is 510 g/mol. The van der Waals surface area contributed by atoms with E-state index in [0.717, 1.165) is 68.1 Å². The first kappa shape index (κ1) is 24.3. The molecule has 1 saturated heterocycles. The van der Waals surface area contributed by atoms with E-state index in [1.54, 1.807) is 12.5 Å². The molecule has 2 aliphatic rings. The number of piperazine rings is 1. The van der Waals surface area contributed by atoms with Gasteiger partial charge in [0, 0.05) is 57.1 Å². The average Bonchev–Trinajstić information content (AvgIpc) is 3.35. The Morgan fingerprint density at radius 3 is 2.68 bits per heavy atom. The lowest BCUT2D eigenvalue weighted by atomic mass is 9.96. The lowest BCUT2D eigenvalue weighted by Gasteiger charge is -2.43. The second kappa shape index (κ2) is 10.4. The first-order chi connectivity index (χ1) is 18.6. The number of nitrogens with zero attached hydrogens (tertiary/aromatic N) is 8. The number of amides is 1. The number of fused-ring (bicyclic) bond motifs is 2. The Morgan fingerprint density at radius 2 is 1.87 bits per heavy atom. The molecule has 38 heavy (non-hydrogen) atoms. The molecular weight excluding hydrogens is 476 g/mol. The number of aryl methyl sites for hydroxylation is 1. The second-order valence-corrected chi connectivity index (χ2v) is 10.3. The molecule has 1 atom stereocenters. The maximum atomic E-state index is 13.3. The predicted octanol–water partition coefficient (Wildman–Crippen LogP) is 3.47. The third-order valence-corrected chi connectivity index (χ3v) is 7.75. The zero-order valence-electron chi connectivity index (χ0n) is 22.1. The van der Waals surface area contributed by atoms with E-state index >= 15 is 0 Å². The van der Waals surface area contributed by atoms with E-state index in [1.165, 1.54) is 16.8 Å². The normalized spacial score (nSPS) is 17.6. The number of hydrogen-bond donors (Lipinski definition) is 0. The van der Waals surface area contributed by atoms with Crippen molar-refractivity contribution in [3.05, 3.63) is 72.2 Å². The van der Waals surface area contributed by atoms with Crippen LogP contribution in [0.4, 0.5) is 11.4 Å². The maximum Gasteiger partial charge on any atom is 0.242 e. The van der Waals surface area contributed by atoms with Crippen LogP contribution in [-0.2, 0) is 30.7 Å². The quantitative estimate of drug-likeness (QED) is 0.393. The van der Waals surface area contributed by atoms with Crippen molar-refractivity contribution < 1.29 is 4.79 Å². The number of pyridine rings is 1. The molecule has 0 radical (unpaired) electrons. The molecule has 3 aromatic heterocycles. The molecule has 9 heteroatoms. The van der Waals surface area contributed by atoms with Crippen molar-refractivity contribution in [2.45, 2.75) is 52.2 Å². The van der Waals surface area contributed by atoms with Gasteiger partial charge in [0.05, 0.1) is 24.4 Å². The van der Waals surface area contributed by atoms with Crippen molar-refractivity contribution in [3.8, 4) is 0 Å². The summed E-state index contributed by atoms with van der Waals surface area (Å²) in [5, 5.41) is 0. The summed E-state index contributed by atoms with van der Waals surface area (Å²) in [6, 6.07) is 10.5. The Labute approximate surface area is 223 Å². The fourth-order valence-corrected chi connectivity index (χ4v) is 5.74. The zero-order valence-corrected chi connectivity index (χ0v) is 22.1. The highest BCUT2D eigenvalue weighted by molar-refractivity contribution is 5.79. The van der Waals surface area contributed by atoms with Crippen LogP contribution in [0.25, 0.3) is 11.2 Å². The van der Waals surface area contributed by atoms with Gasteiger partial charge in [0.25, 0.3) is 0 Å².